The molecular weight excluding hydrogens is 397 g/mol. The summed E-state index contributed by atoms with van der Waals surface area (Å²) in [6, 6.07) is 13.1. The second kappa shape index (κ2) is 9.29. The minimum absolute atomic E-state index is 0.285. The molecule has 0 bridgehead atoms. The third-order valence-corrected chi connectivity index (χ3v) is 5.73. The van der Waals surface area contributed by atoms with Crippen molar-refractivity contribution in [1.82, 2.24) is 15.5 Å². The number of nitrogens with zero attached hydrogens (tertiary/aromatic N) is 1. The van der Waals surface area contributed by atoms with Crippen LogP contribution in [-0.4, -0.2) is 35.8 Å². The minimum atomic E-state index is -1.29. The van der Waals surface area contributed by atoms with E-state index < -0.39 is 29.2 Å². The maximum atomic E-state index is 13.3. The van der Waals surface area contributed by atoms with Crippen molar-refractivity contribution in [1.29, 1.82) is 0 Å². The lowest BCUT2D eigenvalue weighted by Crippen LogP contribution is -2.45. The third-order valence-electron chi connectivity index (χ3n) is 5.73. The maximum absolute atomic E-state index is 13.3. The van der Waals surface area contributed by atoms with Crippen LogP contribution < -0.4 is 10.6 Å². The summed E-state index contributed by atoms with van der Waals surface area (Å²) in [5.74, 6) is -0.885. The van der Waals surface area contributed by atoms with E-state index in [0.717, 1.165) is 10.5 Å². The van der Waals surface area contributed by atoms with Gasteiger partial charge in [0.05, 0.1) is 0 Å². The molecule has 0 unspecified atom stereocenters. The first-order valence-corrected chi connectivity index (χ1v) is 10.5. The van der Waals surface area contributed by atoms with Crippen molar-refractivity contribution in [3.05, 3.63) is 71.0 Å². The fourth-order valence-electron chi connectivity index (χ4n) is 3.76. The first kappa shape index (κ1) is 22.5. The number of amides is 4. The Morgan fingerprint density at radius 3 is 2.32 bits per heavy atom. The molecule has 0 saturated carbocycles. The van der Waals surface area contributed by atoms with Crippen molar-refractivity contribution in [2.75, 3.05) is 13.1 Å². The Labute approximate surface area is 181 Å². The molecule has 3 rings (SSSR count). The highest BCUT2D eigenvalue weighted by molar-refractivity contribution is 6.09. The lowest BCUT2D eigenvalue weighted by molar-refractivity contribution is -0.135. The number of imide groups is 1. The van der Waals surface area contributed by atoms with Crippen LogP contribution in [0.15, 0.2) is 48.5 Å². The SMILES string of the molecule is CC[C@@]1(c2ccc(F)cc2)NC(=O)N(CC(=O)NCCc2ccc(C(C)C)cc2)C1=O. The third kappa shape index (κ3) is 4.76. The van der Waals surface area contributed by atoms with Gasteiger partial charge in [-0.1, -0.05) is 57.2 Å². The van der Waals surface area contributed by atoms with Gasteiger partial charge < -0.3 is 10.6 Å². The van der Waals surface area contributed by atoms with Crippen LogP contribution in [0.5, 0.6) is 0 Å². The molecule has 0 spiro atoms. The molecular formula is C24H28FN3O3. The molecule has 31 heavy (non-hydrogen) atoms. The van der Waals surface area contributed by atoms with Gasteiger partial charge in [-0.05, 0) is 47.6 Å². The summed E-state index contributed by atoms with van der Waals surface area (Å²) >= 11 is 0. The van der Waals surface area contributed by atoms with Gasteiger partial charge in [0.1, 0.15) is 17.9 Å². The molecule has 7 heteroatoms. The second-order valence-electron chi connectivity index (χ2n) is 8.08. The van der Waals surface area contributed by atoms with E-state index >= 15 is 0 Å². The molecule has 0 aromatic heterocycles. The predicted molar refractivity (Wildman–Crippen MR) is 116 cm³/mol. The topological polar surface area (TPSA) is 78.5 Å². The van der Waals surface area contributed by atoms with Crippen molar-refractivity contribution in [3.63, 3.8) is 0 Å². The molecule has 1 aliphatic heterocycles. The maximum Gasteiger partial charge on any atom is 0.325 e. The van der Waals surface area contributed by atoms with Gasteiger partial charge in [-0.15, -0.1) is 0 Å². The summed E-state index contributed by atoms with van der Waals surface area (Å²) in [7, 11) is 0. The summed E-state index contributed by atoms with van der Waals surface area (Å²) in [6.07, 6.45) is 0.937. The molecule has 2 aromatic carbocycles. The van der Waals surface area contributed by atoms with Crippen LogP contribution in [-0.2, 0) is 21.5 Å². The predicted octanol–water partition coefficient (Wildman–Crippen LogP) is 3.47. The number of carbonyl (C=O) groups excluding carboxylic acids is 3. The van der Waals surface area contributed by atoms with Gasteiger partial charge in [0.15, 0.2) is 0 Å². The Hall–Kier alpha value is -3.22. The number of nitrogens with one attached hydrogen (secondary N) is 2. The summed E-state index contributed by atoms with van der Waals surface area (Å²) in [6.45, 7) is 6.07. The number of urea groups is 1. The molecule has 0 aliphatic carbocycles. The fraction of sp³-hybridized carbons (Fsp3) is 0.375. The number of carbonyl (C=O) groups is 3. The number of rotatable bonds is 8. The highest BCUT2D eigenvalue weighted by atomic mass is 19.1. The molecule has 1 saturated heterocycles. The van der Waals surface area contributed by atoms with Crippen molar-refractivity contribution >= 4 is 17.8 Å². The molecule has 164 valence electrons. The lowest BCUT2D eigenvalue weighted by Gasteiger charge is -2.25. The van der Waals surface area contributed by atoms with Crippen molar-refractivity contribution in [2.24, 2.45) is 0 Å². The minimum Gasteiger partial charge on any atom is -0.354 e. The Bertz CT molecular complexity index is 957. The number of benzene rings is 2. The van der Waals surface area contributed by atoms with E-state index in [1.54, 1.807) is 6.92 Å². The van der Waals surface area contributed by atoms with E-state index in [2.05, 4.69) is 36.6 Å². The van der Waals surface area contributed by atoms with Crippen LogP contribution in [0.2, 0.25) is 0 Å². The Morgan fingerprint density at radius 1 is 1.10 bits per heavy atom. The normalized spacial score (nSPS) is 18.4. The van der Waals surface area contributed by atoms with Crippen LogP contribution in [0, 0.1) is 5.82 Å². The van der Waals surface area contributed by atoms with E-state index in [1.165, 1.54) is 29.8 Å². The smallest absolute Gasteiger partial charge is 0.325 e. The summed E-state index contributed by atoms with van der Waals surface area (Å²) in [5, 5.41) is 5.46. The van der Waals surface area contributed by atoms with Crippen molar-refractivity contribution in [2.45, 2.75) is 45.1 Å². The highest BCUT2D eigenvalue weighted by Gasteiger charge is 2.51. The zero-order chi connectivity index (χ0) is 22.6. The second-order valence-corrected chi connectivity index (χ2v) is 8.08. The molecule has 1 aliphatic rings. The Balaban J connectivity index is 1.59. The molecule has 6 nitrogen and oxygen atoms in total. The van der Waals surface area contributed by atoms with E-state index in [9.17, 15) is 18.8 Å². The Kier molecular flexibility index (Phi) is 6.73. The van der Waals surface area contributed by atoms with E-state index in [4.69, 9.17) is 0 Å². The number of hydrogen-bond acceptors (Lipinski definition) is 3. The van der Waals surface area contributed by atoms with Crippen LogP contribution in [0.4, 0.5) is 9.18 Å². The number of hydrogen-bond donors (Lipinski definition) is 2. The molecule has 1 fully saturated rings. The van der Waals surface area contributed by atoms with Gasteiger partial charge in [0, 0.05) is 6.54 Å². The van der Waals surface area contributed by atoms with Crippen LogP contribution in [0.1, 0.15) is 49.8 Å². The average Bonchev–Trinajstić information content (AvgIpc) is 2.99. The summed E-state index contributed by atoms with van der Waals surface area (Å²) in [4.78, 5) is 38.8. The van der Waals surface area contributed by atoms with E-state index in [0.29, 0.717) is 24.4 Å². The monoisotopic (exact) mass is 425 g/mol. The van der Waals surface area contributed by atoms with Crippen LogP contribution in [0.3, 0.4) is 0 Å². The first-order chi connectivity index (χ1) is 14.8. The molecule has 0 radical (unpaired) electrons. The molecule has 4 amide bonds. The van der Waals surface area contributed by atoms with Gasteiger partial charge in [0.25, 0.3) is 5.91 Å². The molecule has 1 atom stereocenters. The van der Waals surface area contributed by atoms with E-state index in [1.807, 2.05) is 12.1 Å². The zero-order valence-electron chi connectivity index (χ0n) is 18.1. The van der Waals surface area contributed by atoms with Gasteiger partial charge >= 0.3 is 6.03 Å². The summed E-state index contributed by atoms with van der Waals surface area (Å²) in [5.41, 5.74) is 1.55. The summed E-state index contributed by atoms with van der Waals surface area (Å²) < 4.78 is 13.3. The molecule has 2 N–H and O–H groups in total. The van der Waals surface area contributed by atoms with Gasteiger partial charge in [-0.25, -0.2) is 9.18 Å². The Morgan fingerprint density at radius 2 is 1.74 bits per heavy atom. The van der Waals surface area contributed by atoms with Crippen LogP contribution in [0.25, 0.3) is 0 Å². The molecule has 2 aromatic rings. The van der Waals surface area contributed by atoms with Gasteiger partial charge in [-0.2, -0.15) is 0 Å². The average molecular weight is 426 g/mol. The van der Waals surface area contributed by atoms with E-state index in [-0.39, 0.29) is 13.0 Å². The quantitative estimate of drug-likeness (QED) is 0.636. The van der Waals surface area contributed by atoms with Crippen molar-refractivity contribution < 1.29 is 18.8 Å². The zero-order valence-corrected chi connectivity index (χ0v) is 18.1. The van der Waals surface area contributed by atoms with Crippen LogP contribution >= 0.6 is 0 Å². The fourth-order valence-corrected chi connectivity index (χ4v) is 3.76. The number of halogens is 1. The lowest BCUT2D eigenvalue weighted by atomic mass is 9.87. The molecule has 1 heterocycles. The first-order valence-electron chi connectivity index (χ1n) is 10.5. The standard InChI is InChI=1S/C24H28FN3O3/c1-4-24(19-9-11-20(25)12-10-19)22(30)28(23(31)27-24)15-21(29)26-14-13-17-5-7-18(8-6-17)16(2)3/h5-12,16H,4,13-15H2,1-3H3,(H,26,29)(H,27,31)/t24-/m0/s1. The largest absolute Gasteiger partial charge is 0.354 e. The highest BCUT2D eigenvalue weighted by Crippen LogP contribution is 2.32. The van der Waals surface area contributed by atoms with Crippen molar-refractivity contribution in [3.8, 4) is 0 Å². The van der Waals surface area contributed by atoms with Gasteiger partial charge in [-0.3, -0.25) is 14.5 Å². The van der Waals surface area contributed by atoms with Gasteiger partial charge in [0.2, 0.25) is 5.91 Å².